The minimum atomic E-state index is 0.769. The molecular weight excluding hydrogens is 188 g/mol. The van der Waals surface area contributed by atoms with Gasteiger partial charge >= 0.3 is 0 Å². The van der Waals surface area contributed by atoms with E-state index in [0.29, 0.717) is 0 Å². The van der Waals surface area contributed by atoms with Crippen LogP contribution in [0.3, 0.4) is 0 Å². The standard InChI is InChI=1S/C11H16N4/c1-7-2-3-13-11(14-7)15-5-9-8(4-12)10(9)6-15/h2-3,8-10H,4-6,12H2,1H3. The van der Waals surface area contributed by atoms with Gasteiger partial charge in [-0.3, -0.25) is 0 Å². The molecule has 2 unspecified atom stereocenters. The molecule has 0 aromatic carbocycles. The predicted octanol–water partition coefficient (Wildman–Crippen LogP) is 0.426. The van der Waals surface area contributed by atoms with Crippen LogP contribution in [-0.4, -0.2) is 29.6 Å². The van der Waals surface area contributed by atoms with Gasteiger partial charge in [0.05, 0.1) is 0 Å². The van der Waals surface area contributed by atoms with Gasteiger partial charge in [-0.25, -0.2) is 9.97 Å². The number of anilines is 1. The van der Waals surface area contributed by atoms with Crippen molar-refractivity contribution in [1.29, 1.82) is 0 Å². The molecule has 2 atom stereocenters. The highest BCUT2D eigenvalue weighted by Crippen LogP contribution is 2.51. The second-order valence-electron chi connectivity index (χ2n) is 4.63. The lowest BCUT2D eigenvalue weighted by Crippen LogP contribution is -2.27. The molecule has 2 heterocycles. The van der Waals surface area contributed by atoms with Crippen molar-refractivity contribution < 1.29 is 0 Å². The molecule has 1 aliphatic heterocycles. The number of piperidine rings is 1. The molecule has 0 spiro atoms. The SMILES string of the molecule is Cc1ccnc(N2CC3C(CN)C3C2)n1. The molecule has 0 bridgehead atoms. The van der Waals surface area contributed by atoms with E-state index in [1.807, 2.05) is 19.2 Å². The van der Waals surface area contributed by atoms with E-state index in [-0.39, 0.29) is 0 Å². The first kappa shape index (κ1) is 9.09. The fraction of sp³-hybridized carbons (Fsp3) is 0.636. The Kier molecular flexibility index (Phi) is 1.92. The topological polar surface area (TPSA) is 55.0 Å². The Morgan fingerprint density at radius 3 is 2.80 bits per heavy atom. The molecular formula is C11H16N4. The molecule has 1 saturated heterocycles. The average Bonchev–Trinajstić information content (AvgIpc) is 2.70. The highest BCUT2D eigenvalue weighted by molar-refractivity contribution is 5.35. The summed E-state index contributed by atoms with van der Waals surface area (Å²) in [7, 11) is 0. The van der Waals surface area contributed by atoms with Crippen LogP contribution in [-0.2, 0) is 0 Å². The smallest absolute Gasteiger partial charge is 0.225 e. The van der Waals surface area contributed by atoms with Crippen LogP contribution in [0.15, 0.2) is 12.3 Å². The van der Waals surface area contributed by atoms with Crippen LogP contribution in [0.4, 0.5) is 5.95 Å². The van der Waals surface area contributed by atoms with Gasteiger partial charge in [-0.05, 0) is 37.3 Å². The van der Waals surface area contributed by atoms with E-state index in [1.54, 1.807) is 0 Å². The second-order valence-corrected chi connectivity index (χ2v) is 4.63. The van der Waals surface area contributed by atoms with Gasteiger partial charge in [-0.15, -0.1) is 0 Å². The number of nitrogens with zero attached hydrogens (tertiary/aromatic N) is 3. The lowest BCUT2D eigenvalue weighted by molar-refractivity contribution is 0.638. The Bertz CT molecular complexity index is 367. The molecule has 4 nitrogen and oxygen atoms in total. The van der Waals surface area contributed by atoms with Crippen molar-refractivity contribution in [2.24, 2.45) is 23.5 Å². The van der Waals surface area contributed by atoms with Crippen molar-refractivity contribution in [2.75, 3.05) is 24.5 Å². The lowest BCUT2D eigenvalue weighted by Gasteiger charge is -2.19. The quantitative estimate of drug-likeness (QED) is 0.759. The lowest BCUT2D eigenvalue weighted by atomic mass is 10.3. The summed E-state index contributed by atoms with van der Waals surface area (Å²) in [6, 6.07) is 1.93. The van der Waals surface area contributed by atoms with E-state index >= 15 is 0 Å². The third-order valence-corrected chi connectivity index (χ3v) is 3.71. The minimum Gasteiger partial charge on any atom is -0.340 e. The zero-order valence-corrected chi connectivity index (χ0v) is 8.93. The van der Waals surface area contributed by atoms with Gasteiger partial charge in [0.15, 0.2) is 0 Å². The summed E-state index contributed by atoms with van der Waals surface area (Å²) in [4.78, 5) is 11.0. The molecule has 1 aliphatic carbocycles. The van der Waals surface area contributed by atoms with E-state index in [9.17, 15) is 0 Å². The molecule has 1 aromatic rings. The molecule has 0 amide bonds. The molecule has 3 rings (SSSR count). The van der Waals surface area contributed by atoms with Crippen molar-refractivity contribution >= 4 is 5.95 Å². The van der Waals surface area contributed by atoms with Crippen LogP contribution < -0.4 is 10.6 Å². The first-order chi connectivity index (χ1) is 7.29. The molecule has 2 fully saturated rings. The molecule has 1 aromatic heterocycles. The highest BCUT2D eigenvalue weighted by atomic mass is 15.3. The predicted molar refractivity (Wildman–Crippen MR) is 58.5 cm³/mol. The van der Waals surface area contributed by atoms with Crippen LogP contribution in [0, 0.1) is 24.7 Å². The normalized spacial score (nSPS) is 32.9. The summed E-state index contributed by atoms with van der Waals surface area (Å²) in [5.41, 5.74) is 6.72. The van der Waals surface area contributed by atoms with E-state index < -0.39 is 0 Å². The van der Waals surface area contributed by atoms with Crippen LogP contribution in [0.5, 0.6) is 0 Å². The largest absolute Gasteiger partial charge is 0.340 e. The van der Waals surface area contributed by atoms with E-state index in [4.69, 9.17) is 5.73 Å². The van der Waals surface area contributed by atoms with Crippen molar-refractivity contribution in [3.8, 4) is 0 Å². The summed E-state index contributed by atoms with van der Waals surface area (Å²) >= 11 is 0. The zero-order chi connectivity index (χ0) is 10.4. The van der Waals surface area contributed by atoms with Gasteiger partial charge in [-0.1, -0.05) is 0 Å². The third-order valence-electron chi connectivity index (χ3n) is 3.71. The molecule has 15 heavy (non-hydrogen) atoms. The maximum Gasteiger partial charge on any atom is 0.225 e. The number of hydrogen-bond acceptors (Lipinski definition) is 4. The van der Waals surface area contributed by atoms with Crippen molar-refractivity contribution in [2.45, 2.75) is 6.92 Å². The number of aromatic nitrogens is 2. The summed E-state index contributed by atoms with van der Waals surface area (Å²) in [6.07, 6.45) is 1.84. The van der Waals surface area contributed by atoms with Crippen LogP contribution in [0.1, 0.15) is 5.69 Å². The minimum absolute atomic E-state index is 0.769. The Morgan fingerprint density at radius 2 is 2.20 bits per heavy atom. The van der Waals surface area contributed by atoms with Gasteiger partial charge in [0, 0.05) is 25.0 Å². The number of aryl methyl sites for hydroxylation is 1. The number of fused-ring (bicyclic) bond motifs is 1. The molecule has 1 saturated carbocycles. The monoisotopic (exact) mass is 204 g/mol. The molecule has 0 radical (unpaired) electrons. The summed E-state index contributed by atoms with van der Waals surface area (Å²) in [5, 5.41) is 0. The molecule has 80 valence electrons. The van der Waals surface area contributed by atoms with Crippen LogP contribution in [0.2, 0.25) is 0 Å². The van der Waals surface area contributed by atoms with Crippen LogP contribution in [0.25, 0.3) is 0 Å². The fourth-order valence-corrected chi connectivity index (χ4v) is 2.75. The Hall–Kier alpha value is -1.16. The summed E-state index contributed by atoms with van der Waals surface area (Å²) in [6.45, 7) is 5.04. The maximum absolute atomic E-state index is 5.68. The first-order valence-electron chi connectivity index (χ1n) is 5.54. The Morgan fingerprint density at radius 1 is 1.47 bits per heavy atom. The number of rotatable bonds is 2. The van der Waals surface area contributed by atoms with Gasteiger partial charge < -0.3 is 10.6 Å². The van der Waals surface area contributed by atoms with E-state index in [1.165, 1.54) is 0 Å². The van der Waals surface area contributed by atoms with Gasteiger partial charge in [0.25, 0.3) is 0 Å². The molecule has 2 N–H and O–H groups in total. The van der Waals surface area contributed by atoms with Gasteiger partial charge in [0.1, 0.15) is 0 Å². The van der Waals surface area contributed by atoms with Crippen molar-refractivity contribution in [3.05, 3.63) is 18.0 Å². The van der Waals surface area contributed by atoms with Gasteiger partial charge in [-0.2, -0.15) is 0 Å². The summed E-state index contributed by atoms with van der Waals surface area (Å²) in [5.74, 6) is 3.27. The second kappa shape index (κ2) is 3.17. The Balaban J connectivity index is 1.72. The summed E-state index contributed by atoms with van der Waals surface area (Å²) < 4.78 is 0. The third kappa shape index (κ3) is 1.40. The number of nitrogens with two attached hydrogens (primary N) is 1. The Labute approximate surface area is 89.5 Å². The van der Waals surface area contributed by atoms with Crippen molar-refractivity contribution in [1.82, 2.24) is 9.97 Å². The zero-order valence-electron chi connectivity index (χ0n) is 8.93. The molecule has 4 heteroatoms. The highest BCUT2D eigenvalue weighted by Gasteiger charge is 2.55. The number of hydrogen-bond donors (Lipinski definition) is 1. The van der Waals surface area contributed by atoms with Crippen LogP contribution >= 0.6 is 0 Å². The first-order valence-corrected chi connectivity index (χ1v) is 5.54. The van der Waals surface area contributed by atoms with E-state index in [0.717, 1.165) is 49.0 Å². The van der Waals surface area contributed by atoms with Crippen molar-refractivity contribution in [3.63, 3.8) is 0 Å². The fourth-order valence-electron chi connectivity index (χ4n) is 2.75. The maximum atomic E-state index is 5.68. The van der Waals surface area contributed by atoms with Gasteiger partial charge in [0.2, 0.25) is 5.95 Å². The van der Waals surface area contributed by atoms with E-state index in [2.05, 4.69) is 14.9 Å². The molecule has 2 aliphatic rings. The average molecular weight is 204 g/mol.